The van der Waals surface area contributed by atoms with Crippen molar-refractivity contribution >= 4 is 6.29 Å². The van der Waals surface area contributed by atoms with Crippen LogP contribution in [0.5, 0.6) is 0 Å². The fourth-order valence-electron chi connectivity index (χ4n) is 1.55. The minimum absolute atomic E-state index is 0.0133. The van der Waals surface area contributed by atoms with E-state index >= 15 is 0 Å². The van der Waals surface area contributed by atoms with Crippen LogP contribution in [0.2, 0.25) is 0 Å². The number of rotatable bonds is 3. The van der Waals surface area contributed by atoms with Crippen LogP contribution in [0, 0.1) is 5.92 Å². The van der Waals surface area contributed by atoms with Gasteiger partial charge in [-0.3, -0.25) is 4.79 Å². The zero-order valence-corrected chi connectivity index (χ0v) is 7.84. The summed E-state index contributed by atoms with van der Waals surface area (Å²) in [5.41, 5.74) is 0. The van der Waals surface area contributed by atoms with Crippen LogP contribution in [0.25, 0.3) is 0 Å². The van der Waals surface area contributed by atoms with E-state index in [0.717, 1.165) is 26.2 Å². The maximum absolute atomic E-state index is 10.4. The second kappa shape index (κ2) is 4.58. The number of likely N-dealkylation sites (N-methyl/N-ethyl adjacent to an activating group) is 1. The predicted molar refractivity (Wildman–Crippen MR) is 48.8 cm³/mol. The van der Waals surface area contributed by atoms with Crippen molar-refractivity contribution in [3.63, 3.8) is 0 Å². The highest BCUT2D eigenvalue weighted by atomic mass is 16.1. The van der Waals surface area contributed by atoms with E-state index in [0.29, 0.717) is 6.04 Å². The summed E-state index contributed by atoms with van der Waals surface area (Å²) in [6.07, 6.45) is 2.04. The minimum Gasteiger partial charge on any atom is -0.311 e. The number of carbonyl (C=O) groups excluding carboxylic acids is 1. The highest BCUT2D eigenvalue weighted by Gasteiger charge is 2.22. The third kappa shape index (κ3) is 2.29. The van der Waals surface area contributed by atoms with Crippen molar-refractivity contribution in [3.05, 3.63) is 0 Å². The van der Waals surface area contributed by atoms with Gasteiger partial charge in [0.15, 0.2) is 0 Å². The van der Waals surface area contributed by atoms with Gasteiger partial charge in [0.25, 0.3) is 0 Å². The van der Waals surface area contributed by atoms with E-state index in [2.05, 4.69) is 17.1 Å². The number of nitrogens with zero attached hydrogens (tertiary/aromatic N) is 1. The first-order valence-electron chi connectivity index (χ1n) is 4.61. The zero-order chi connectivity index (χ0) is 8.97. The maximum Gasteiger partial charge on any atom is 0.203 e. The maximum atomic E-state index is 10.4. The Labute approximate surface area is 74.1 Å². The molecule has 0 aliphatic carbocycles. The summed E-state index contributed by atoms with van der Waals surface area (Å²) in [6.45, 7) is 8.21. The van der Waals surface area contributed by atoms with E-state index in [1.807, 2.05) is 13.2 Å². The standard InChI is InChI=1S/C9H17N2O/c1-3-11-5-4-10-9(6-11)8(2)7-12/h8-10H,3-6H2,1-2H3. The van der Waals surface area contributed by atoms with E-state index in [4.69, 9.17) is 0 Å². The first kappa shape index (κ1) is 9.68. The molecule has 69 valence electrons. The van der Waals surface area contributed by atoms with Crippen LogP contribution in [0.3, 0.4) is 0 Å². The third-order valence-electron chi connectivity index (χ3n) is 2.53. The van der Waals surface area contributed by atoms with Crippen LogP contribution in [-0.2, 0) is 4.79 Å². The summed E-state index contributed by atoms with van der Waals surface area (Å²) in [5, 5.41) is 3.33. The molecular formula is C9H17N2O. The average molecular weight is 169 g/mol. The molecule has 0 bridgehead atoms. The first-order chi connectivity index (χ1) is 5.77. The topological polar surface area (TPSA) is 32.3 Å². The van der Waals surface area contributed by atoms with Crippen molar-refractivity contribution in [3.8, 4) is 0 Å². The summed E-state index contributed by atoms with van der Waals surface area (Å²) >= 11 is 0. The highest BCUT2D eigenvalue weighted by Crippen LogP contribution is 2.06. The van der Waals surface area contributed by atoms with Gasteiger partial charge in [-0.15, -0.1) is 0 Å². The minimum atomic E-state index is 0.0133. The fourth-order valence-corrected chi connectivity index (χ4v) is 1.55. The van der Waals surface area contributed by atoms with Crippen LogP contribution >= 0.6 is 0 Å². The lowest BCUT2D eigenvalue weighted by molar-refractivity contribution is 0.192. The molecule has 1 N–H and O–H groups in total. The van der Waals surface area contributed by atoms with Gasteiger partial charge in [-0.2, -0.15) is 0 Å². The molecule has 0 saturated carbocycles. The molecule has 1 saturated heterocycles. The van der Waals surface area contributed by atoms with Gasteiger partial charge in [0.2, 0.25) is 6.29 Å². The van der Waals surface area contributed by atoms with Crippen molar-refractivity contribution in [1.82, 2.24) is 10.2 Å². The molecule has 0 amide bonds. The monoisotopic (exact) mass is 169 g/mol. The van der Waals surface area contributed by atoms with E-state index < -0.39 is 0 Å². The van der Waals surface area contributed by atoms with E-state index in [9.17, 15) is 4.79 Å². The molecule has 3 heteroatoms. The van der Waals surface area contributed by atoms with Crippen LogP contribution in [0.4, 0.5) is 0 Å². The molecule has 1 aliphatic heterocycles. The smallest absolute Gasteiger partial charge is 0.203 e. The summed E-state index contributed by atoms with van der Waals surface area (Å²) in [4.78, 5) is 12.8. The summed E-state index contributed by atoms with van der Waals surface area (Å²) in [7, 11) is 0. The van der Waals surface area contributed by atoms with Gasteiger partial charge in [-0.1, -0.05) is 13.8 Å². The fraction of sp³-hybridized carbons (Fsp3) is 0.889. The predicted octanol–water partition coefficient (Wildman–Crippen LogP) is 0.0259. The lowest BCUT2D eigenvalue weighted by Crippen LogP contribution is -2.53. The summed E-state index contributed by atoms with van der Waals surface area (Å²) < 4.78 is 0. The van der Waals surface area contributed by atoms with Crippen molar-refractivity contribution in [2.45, 2.75) is 19.9 Å². The Morgan fingerprint density at radius 2 is 2.50 bits per heavy atom. The quantitative estimate of drug-likeness (QED) is 0.646. The largest absolute Gasteiger partial charge is 0.311 e. The van der Waals surface area contributed by atoms with Crippen molar-refractivity contribution < 1.29 is 4.79 Å². The Morgan fingerprint density at radius 3 is 3.08 bits per heavy atom. The molecule has 0 spiro atoms. The summed E-state index contributed by atoms with van der Waals surface area (Å²) in [5.74, 6) is 0.0133. The normalized spacial score (nSPS) is 28.3. The molecule has 1 fully saturated rings. The van der Waals surface area contributed by atoms with Gasteiger partial charge >= 0.3 is 0 Å². The van der Waals surface area contributed by atoms with Crippen molar-refractivity contribution in [2.75, 3.05) is 26.2 Å². The lowest BCUT2D eigenvalue weighted by Gasteiger charge is -2.34. The number of nitrogens with one attached hydrogen (secondary N) is 1. The molecule has 1 aliphatic rings. The Balaban J connectivity index is 2.39. The molecule has 0 aromatic rings. The van der Waals surface area contributed by atoms with Gasteiger partial charge in [0, 0.05) is 31.6 Å². The molecule has 1 radical (unpaired) electrons. The van der Waals surface area contributed by atoms with Crippen LogP contribution in [-0.4, -0.2) is 43.4 Å². The van der Waals surface area contributed by atoms with Gasteiger partial charge in [0.05, 0.1) is 0 Å². The Morgan fingerprint density at radius 1 is 1.75 bits per heavy atom. The Kier molecular flexibility index (Phi) is 3.69. The molecular weight excluding hydrogens is 152 g/mol. The molecule has 2 unspecified atom stereocenters. The number of hydrogen-bond acceptors (Lipinski definition) is 3. The summed E-state index contributed by atoms with van der Waals surface area (Å²) in [6, 6.07) is 0.302. The third-order valence-corrected chi connectivity index (χ3v) is 2.53. The lowest BCUT2D eigenvalue weighted by atomic mass is 10.0. The molecule has 1 rings (SSSR count). The molecule has 3 nitrogen and oxygen atoms in total. The van der Waals surface area contributed by atoms with Crippen LogP contribution < -0.4 is 5.32 Å². The molecule has 12 heavy (non-hydrogen) atoms. The van der Waals surface area contributed by atoms with Crippen molar-refractivity contribution in [1.29, 1.82) is 0 Å². The van der Waals surface area contributed by atoms with E-state index in [1.165, 1.54) is 0 Å². The average Bonchev–Trinajstić information content (AvgIpc) is 2.17. The number of piperazine rings is 1. The number of hydrogen-bond donors (Lipinski definition) is 1. The second-order valence-electron chi connectivity index (χ2n) is 3.36. The van der Waals surface area contributed by atoms with E-state index in [-0.39, 0.29) is 5.92 Å². The zero-order valence-electron chi connectivity index (χ0n) is 7.84. The van der Waals surface area contributed by atoms with Crippen LogP contribution in [0.1, 0.15) is 13.8 Å². The molecule has 0 aromatic carbocycles. The van der Waals surface area contributed by atoms with Gasteiger partial charge in [0.1, 0.15) is 0 Å². The van der Waals surface area contributed by atoms with Gasteiger partial charge < -0.3 is 10.2 Å². The second-order valence-corrected chi connectivity index (χ2v) is 3.36. The van der Waals surface area contributed by atoms with Gasteiger partial charge in [-0.25, -0.2) is 0 Å². The van der Waals surface area contributed by atoms with Gasteiger partial charge in [-0.05, 0) is 6.54 Å². The van der Waals surface area contributed by atoms with Crippen molar-refractivity contribution in [2.24, 2.45) is 5.92 Å². The molecule has 2 atom stereocenters. The molecule has 0 aromatic heterocycles. The highest BCUT2D eigenvalue weighted by molar-refractivity contribution is 5.55. The Bertz CT molecular complexity index is 149. The SMILES string of the molecule is CCN1CCNC(C(C)[C]=O)C1. The van der Waals surface area contributed by atoms with E-state index in [1.54, 1.807) is 0 Å². The first-order valence-corrected chi connectivity index (χ1v) is 4.61. The Hall–Kier alpha value is -0.410. The molecule has 1 heterocycles. The van der Waals surface area contributed by atoms with Crippen LogP contribution in [0.15, 0.2) is 0 Å².